The Labute approximate surface area is 109 Å². The molecular weight excluding hydrogens is 248 g/mol. The van der Waals surface area contributed by atoms with Gasteiger partial charge < -0.3 is 5.73 Å². The van der Waals surface area contributed by atoms with Crippen LogP contribution in [0.25, 0.3) is 0 Å². The van der Waals surface area contributed by atoms with Crippen LogP contribution in [0.15, 0.2) is 17.0 Å². The molecule has 1 saturated heterocycles. The summed E-state index contributed by atoms with van der Waals surface area (Å²) in [5, 5.41) is 0. The van der Waals surface area contributed by atoms with Crippen molar-refractivity contribution in [2.75, 3.05) is 18.8 Å². The first-order valence-electron chi connectivity index (χ1n) is 6.20. The molecule has 0 bridgehead atoms. The average molecular weight is 268 g/mol. The lowest BCUT2D eigenvalue weighted by atomic mass is 10.1. The van der Waals surface area contributed by atoms with Gasteiger partial charge in [-0.2, -0.15) is 4.31 Å². The molecule has 1 atom stereocenters. The van der Waals surface area contributed by atoms with Gasteiger partial charge in [0, 0.05) is 18.8 Å². The van der Waals surface area contributed by atoms with Crippen LogP contribution in [0.3, 0.4) is 0 Å². The lowest BCUT2D eigenvalue weighted by molar-refractivity contribution is 0.464. The van der Waals surface area contributed by atoms with Gasteiger partial charge in [0.05, 0.1) is 4.90 Å². The second-order valence-corrected chi connectivity index (χ2v) is 7.08. The van der Waals surface area contributed by atoms with Crippen molar-refractivity contribution in [2.45, 2.75) is 32.1 Å². The number of benzene rings is 1. The Hall–Kier alpha value is -1.07. The summed E-state index contributed by atoms with van der Waals surface area (Å²) >= 11 is 0. The van der Waals surface area contributed by atoms with Crippen LogP contribution in [0.1, 0.15) is 24.5 Å². The first-order valence-corrected chi connectivity index (χ1v) is 7.64. The van der Waals surface area contributed by atoms with E-state index in [0.29, 0.717) is 35.2 Å². The van der Waals surface area contributed by atoms with E-state index >= 15 is 0 Å². The van der Waals surface area contributed by atoms with Crippen molar-refractivity contribution in [3.8, 4) is 0 Å². The van der Waals surface area contributed by atoms with E-state index in [4.69, 9.17) is 5.73 Å². The molecule has 0 spiro atoms. The first kappa shape index (κ1) is 13.4. The van der Waals surface area contributed by atoms with E-state index < -0.39 is 10.0 Å². The lowest BCUT2D eigenvalue weighted by Gasteiger charge is -2.19. The summed E-state index contributed by atoms with van der Waals surface area (Å²) in [5.74, 6) is 0.433. The fourth-order valence-electron chi connectivity index (χ4n) is 2.38. The van der Waals surface area contributed by atoms with Crippen LogP contribution in [0.5, 0.6) is 0 Å². The number of hydrogen-bond acceptors (Lipinski definition) is 3. The molecule has 5 heteroatoms. The normalized spacial score (nSPS) is 21.4. The maximum absolute atomic E-state index is 12.5. The molecule has 1 unspecified atom stereocenters. The van der Waals surface area contributed by atoms with Gasteiger partial charge in [0.25, 0.3) is 0 Å². The van der Waals surface area contributed by atoms with E-state index in [0.717, 1.165) is 12.0 Å². The van der Waals surface area contributed by atoms with Gasteiger partial charge >= 0.3 is 0 Å². The Morgan fingerprint density at radius 1 is 1.33 bits per heavy atom. The summed E-state index contributed by atoms with van der Waals surface area (Å²) in [5.41, 5.74) is 8.07. The quantitative estimate of drug-likeness (QED) is 0.833. The van der Waals surface area contributed by atoms with Gasteiger partial charge in [0.1, 0.15) is 0 Å². The van der Waals surface area contributed by atoms with Gasteiger partial charge in [-0.15, -0.1) is 0 Å². The fraction of sp³-hybridized carbons (Fsp3) is 0.538. The Morgan fingerprint density at radius 2 is 2.00 bits per heavy atom. The Morgan fingerprint density at radius 3 is 2.56 bits per heavy atom. The molecule has 1 aliphatic rings. The maximum Gasteiger partial charge on any atom is 0.243 e. The van der Waals surface area contributed by atoms with Crippen LogP contribution in [-0.4, -0.2) is 25.8 Å². The van der Waals surface area contributed by atoms with E-state index in [-0.39, 0.29) is 0 Å². The van der Waals surface area contributed by atoms with Crippen molar-refractivity contribution in [3.05, 3.63) is 23.3 Å². The Kier molecular flexibility index (Phi) is 3.38. The molecule has 2 rings (SSSR count). The number of hydrogen-bond donors (Lipinski definition) is 1. The molecule has 1 aliphatic heterocycles. The van der Waals surface area contributed by atoms with Crippen molar-refractivity contribution in [1.29, 1.82) is 0 Å². The standard InChI is InChI=1S/C13H20N2O2S/c1-9-6-7-15(8-9)18(16,17)12-5-4-10(2)13(14)11(12)3/h4-5,9H,6-8,14H2,1-3H3. The maximum atomic E-state index is 12.5. The third kappa shape index (κ3) is 2.12. The molecule has 100 valence electrons. The minimum absolute atomic E-state index is 0.347. The number of nitrogen functional groups attached to an aromatic ring is 1. The molecule has 0 aromatic heterocycles. The monoisotopic (exact) mass is 268 g/mol. The number of nitrogens with zero attached hydrogens (tertiary/aromatic N) is 1. The van der Waals surface area contributed by atoms with Crippen LogP contribution < -0.4 is 5.73 Å². The molecule has 0 radical (unpaired) electrons. The first-order chi connectivity index (χ1) is 8.34. The summed E-state index contributed by atoms with van der Waals surface area (Å²) in [6.07, 6.45) is 0.930. The van der Waals surface area contributed by atoms with Crippen LogP contribution in [0, 0.1) is 19.8 Å². The lowest BCUT2D eigenvalue weighted by Crippen LogP contribution is -2.29. The zero-order valence-electron chi connectivity index (χ0n) is 11.1. The van der Waals surface area contributed by atoms with E-state index in [2.05, 4.69) is 6.92 Å². The molecule has 18 heavy (non-hydrogen) atoms. The minimum atomic E-state index is -3.39. The summed E-state index contributed by atoms with van der Waals surface area (Å²) in [4.78, 5) is 0.347. The molecule has 0 aliphatic carbocycles. The van der Waals surface area contributed by atoms with Gasteiger partial charge in [-0.3, -0.25) is 0 Å². The minimum Gasteiger partial charge on any atom is -0.398 e. The average Bonchev–Trinajstić information content (AvgIpc) is 2.73. The number of anilines is 1. The van der Waals surface area contributed by atoms with E-state index in [9.17, 15) is 8.42 Å². The van der Waals surface area contributed by atoms with Gasteiger partial charge in [-0.25, -0.2) is 8.42 Å². The fourth-order valence-corrected chi connectivity index (χ4v) is 4.19. The van der Waals surface area contributed by atoms with E-state index in [1.54, 1.807) is 23.4 Å². The van der Waals surface area contributed by atoms with Crippen LogP contribution in [0.2, 0.25) is 0 Å². The molecule has 1 aromatic rings. The van der Waals surface area contributed by atoms with E-state index in [1.165, 1.54) is 0 Å². The molecule has 1 aromatic carbocycles. The van der Waals surface area contributed by atoms with Crippen LogP contribution >= 0.6 is 0 Å². The van der Waals surface area contributed by atoms with Gasteiger partial charge in [-0.05, 0) is 43.4 Å². The van der Waals surface area contributed by atoms with Crippen molar-refractivity contribution in [2.24, 2.45) is 5.92 Å². The van der Waals surface area contributed by atoms with Crippen LogP contribution in [0.4, 0.5) is 5.69 Å². The van der Waals surface area contributed by atoms with E-state index in [1.807, 2.05) is 6.92 Å². The molecular formula is C13H20N2O2S. The largest absolute Gasteiger partial charge is 0.398 e. The summed E-state index contributed by atoms with van der Waals surface area (Å²) in [7, 11) is -3.39. The number of sulfonamides is 1. The smallest absolute Gasteiger partial charge is 0.243 e. The zero-order valence-corrected chi connectivity index (χ0v) is 11.9. The highest BCUT2D eigenvalue weighted by Crippen LogP contribution is 2.29. The predicted molar refractivity (Wildman–Crippen MR) is 72.9 cm³/mol. The Balaban J connectivity index is 2.45. The third-order valence-corrected chi connectivity index (χ3v) is 5.70. The highest BCUT2D eigenvalue weighted by molar-refractivity contribution is 7.89. The third-order valence-electron chi connectivity index (χ3n) is 3.69. The molecule has 1 heterocycles. The van der Waals surface area contributed by atoms with Crippen molar-refractivity contribution in [1.82, 2.24) is 4.31 Å². The summed E-state index contributed by atoms with van der Waals surface area (Å²) in [6.45, 7) is 6.95. The van der Waals surface area contributed by atoms with Crippen LogP contribution in [-0.2, 0) is 10.0 Å². The zero-order chi connectivity index (χ0) is 13.5. The number of aryl methyl sites for hydroxylation is 1. The Bertz CT molecular complexity index is 567. The molecule has 1 fully saturated rings. The van der Waals surface area contributed by atoms with Crippen molar-refractivity contribution >= 4 is 15.7 Å². The van der Waals surface area contributed by atoms with Crippen molar-refractivity contribution in [3.63, 3.8) is 0 Å². The molecule has 2 N–H and O–H groups in total. The summed E-state index contributed by atoms with van der Waals surface area (Å²) < 4.78 is 26.6. The van der Waals surface area contributed by atoms with Gasteiger partial charge in [0.2, 0.25) is 10.0 Å². The second-order valence-electron chi connectivity index (χ2n) is 5.18. The molecule has 4 nitrogen and oxygen atoms in total. The molecule has 0 saturated carbocycles. The summed E-state index contributed by atoms with van der Waals surface area (Å²) in [6, 6.07) is 3.44. The van der Waals surface area contributed by atoms with Gasteiger partial charge in [-0.1, -0.05) is 13.0 Å². The highest BCUT2D eigenvalue weighted by atomic mass is 32.2. The number of rotatable bonds is 2. The SMILES string of the molecule is Cc1ccc(S(=O)(=O)N2CCC(C)C2)c(C)c1N. The second kappa shape index (κ2) is 4.55. The highest BCUT2D eigenvalue weighted by Gasteiger charge is 2.31. The topological polar surface area (TPSA) is 63.4 Å². The predicted octanol–water partition coefficient (Wildman–Crippen LogP) is 1.92. The number of nitrogens with two attached hydrogens (primary N) is 1. The molecule has 0 amide bonds. The van der Waals surface area contributed by atoms with Crippen molar-refractivity contribution < 1.29 is 8.42 Å². The van der Waals surface area contributed by atoms with Gasteiger partial charge in [0.15, 0.2) is 0 Å².